The SMILES string of the molecule is N#CC1CNCCN1S(=O)(=O)c1cc(Cl)cc(Cl)c1. The highest BCUT2D eigenvalue weighted by molar-refractivity contribution is 7.89. The van der Waals surface area contributed by atoms with Crippen molar-refractivity contribution in [3.63, 3.8) is 0 Å². The molecule has 1 saturated heterocycles. The fourth-order valence-electron chi connectivity index (χ4n) is 1.90. The lowest BCUT2D eigenvalue weighted by molar-refractivity contribution is 0.312. The summed E-state index contributed by atoms with van der Waals surface area (Å²) in [7, 11) is -3.77. The minimum atomic E-state index is -3.77. The van der Waals surface area contributed by atoms with Crippen molar-refractivity contribution in [1.82, 2.24) is 9.62 Å². The van der Waals surface area contributed by atoms with Crippen LogP contribution in [-0.4, -0.2) is 38.4 Å². The lowest BCUT2D eigenvalue weighted by atomic mass is 10.3. The van der Waals surface area contributed by atoms with Crippen LogP contribution in [0.2, 0.25) is 10.0 Å². The van der Waals surface area contributed by atoms with Crippen molar-refractivity contribution in [3.05, 3.63) is 28.2 Å². The number of nitriles is 1. The molecule has 1 atom stereocenters. The summed E-state index contributed by atoms with van der Waals surface area (Å²) in [6, 6.07) is 5.38. The van der Waals surface area contributed by atoms with Gasteiger partial charge in [-0.15, -0.1) is 0 Å². The third-order valence-electron chi connectivity index (χ3n) is 2.79. The van der Waals surface area contributed by atoms with Gasteiger partial charge in [-0.1, -0.05) is 23.2 Å². The van der Waals surface area contributed by atoms with E-state index in [1.807, 2.05) is 6.07 Å². The number of hydrogen-bond acceptors (Lipinski definition) is 4. The zero-order valence-electron chi connectivity index (χ0n) is 9.81. The number of piperazine rings is 1. The minimum Gasteiger partial charge on any atom is -0.313 e. The zero-order chi connectivity index (χ0) is 14.0. The van der Waals surface area contributed by atoms with E-state index in [4.69, 9.17) is 28.5 Å². The first-order valence-corrected chi connectivity index (χ1v) is 7.73. The van der Waals surface area contributed by atoms with Gasteiger partial charge in [-0.25, -0.2) is 8.42 Å². The molecule has 19 heavy (non-hydrogen) atoms. The largest absolute Gasteiger partial charge is 0.313 e. The number of hydrogen-bond donors (Lipinski definition) is 1. The van der Waals surface area contributed by atoms with Gasteiger partial charge in [0.2, 0.25) is 10.0 Å². The Balaban J connectivity index is 2.44. The summed E-state index contributed by atoms with van der Waals surface area (Å²) >= 11 is 11.6. The molecule has 8 heteroatoms. The van der Waals surface area contributed by atoms with Crippen LogP contribution in [0.3, 0.4) is 0 Å². The van der Waals surface area contributed by atoms with Crippen LogP contribution in [0, 0.1) is 11.3 Å². The van der Waals surface area contributed by atoms with Crippen LogP contribution in [0.25, 0.3) is 0 Å². The fourth-order valence-corrected chi connectivity index (χ4v) is 4.16. The van der Waals surface area contributed by atoms with Gasteiger partial charge >= 0.3 is 0 Å². The van der Waals surface area contributed by atoms with E-state index in [1.54, 1.807) is 0 Å². The second-order valence-electron chi connectivity index (χ2n) is 4.07. The van der Waals surface area contributed by atoms with Crippen molar-refractivity contribution in [2.45, 2.75) is 10.9 Å². The summed E-state index contributed by atoms with van der Waals surface area (Å²) in [5, 5.41) is 12.5. The van der Waals surface area contributed by atoms with E-state index in [2.05, 4.69) is 5.32 Å². The molecule has 1 aliphatic heterocycles. The lowest BCUT2D eigenvalue weighted by Gasteiger charge is -2.30. The van der Waals surface area contributed by atoms with Crippen LogP contribution in [-0.2, 0) is 10.0 Å². The Kier molecular flexibility index (Phi) is 4.33. The highest BCUT2D eigenvalue weighted by Gasteiger charge is 2.33. The number of nitrogens with one attached hydrogen (secondary N) is 1. The molecule has 1 fully saturated rings. The van der Waals surface area contributed by atoms with Gasteiger partial charge < -0.3 is 5.32 Å². The molecule has 0 aliphatic carbocycles. The summed E-state index contributed by atoms with van der Waals surface area (Å²) in [5.41, 5.74) is 0. The first-order valence-electron chi connectivity index (χ1n) is 5.53. The van der Waals surface area contributed by atoms with Crippen molar-refractivity contribution >= 4 is 33.2 Å². The molecular formula is C11H11Cl2N3O2S. The molecule has 2 rings (SSSR count). The molecule has 1 aromatic rings. The van der Waals surface area contributed by atoms with E-state index in [1.165, 1.54) is 22.5 Å². The van der Waals surface area contributed by atoms with Gasteiger partial charge in [0, 0.05) is 29.7 Å². The lowest BCUT2D eigenvalue weighted by Crippen LogP contribution is -2.52. The summed E-state index contributed by atoms with van der Waals surface area (Å²) < 4.78 is 26.2. The predicted molar refractivity (Wildman–Crippen MR) is 72.6 cm³/mol. The van der Waals surface area contributed by atoms with E-state index in [9.17, 15) is 8.42 Å². The zero-order valence-corrected chi connectivity index (χ0v) is 12.1. The normalized spacial score (nSPS) is 21.0. The van der Waals surface area contributed by atoms with Crippen LogP contribution in [0.5, 0.6) is 0 Å². The molecule has 102 valence electrons. The number of rotatable bonds is 2. The Labute approximate surface area is 121 Å². The third-order valence-corrected chi connectivity index (χ3v) is 5.11. The minimum absolute atomic E-state index is 0.00662. The predicted octanol–water partition coefficient (Wildman–Crippen LogP) is 1.48. The maximum Gasteiger partial charge on any atom is 0.244 e. The number of nitrogens with zero attached hydrogens (tertiary/aromatic N) is 2. The van der Waals surface area contributed by atoms with Crippen molar-refractivity contribution in [2.24, 2.45) is 0 Å². The van der Waals surface area contributed by atoms with Gasteiger partial charge in [0.1, 0.15) is 6.04 Å². The highest BCUT2D eigenvalue weighted by atomic mass is 35.5. The second-order valence-corrected chi connectivity index (χ2v) is 6.83. The molecule has 0 aromatic heterocycles. The molecule has 0 amide bonds. The van der Waals surface area contributed by atoms with Gasteiger partial charge in [0.25, 0.3) is 0 Å². The summed E-state index contributed by atoms with van der Waals surface area (Å²) in [6.07, 6.45) is 0. The molecule has 5 nitrogen and oxygen atoms in total. The summed E-state index contributed by atoms with van der Waals surface area (Å²) in [4.78, 5) is 0.00662. The Hall–Kier alpha value is -0.840. The van der Waals surface area contributed by atoms with Crippen LogP contribution < -0.4 is 5.32 Å². The average molecular weight is 320 g/mol. The van der Waals surface area contributed by atoms with Crippen LogP contribution >= 0.6 is 23.2 Å². The van der Waals surface area contributed by atoms with Crippen molar-refractivity contribution in [3.8, 4) is 6.07 Å². The molecule has 0 radical (unpaired) electrons. The molecule has 1 heterocycles. The smallest absolute Gasteiger partial charge is 0.244 e. The number of benzene rings is 1. The molecule has 1 N–H and O–H groups in total. The molecule has 1 aliphatic rings. The molecule has 0 spiro atoms. The Morgan fingerprint density at radius 1 is 1.32 bits per heavy atom. The molecule has 1 aromatic carbocycles. The van der Waals surface area contributed by atoms with E-state index in [0.29, 0.717) is 13.1 Å². The Morgan fingerprint density at radius 2 is 1.95 bits per heavy atom. The van der Waals surface area contributed by atoms with Crippen molar-refractivity contribution in [1.29, 1.82) is 5.26 Å². The standard InChI is InChI=1S/C11H11Cl2N3O2S/c12-8-3-9(13)5-11(4-8)19(17,18)16-2-1-15-7-10(16)6-14/h3-5,10,15H,1-2,7H2. The first-order chi connectivity index (χ1) is 8.95. The Morgan fingerprint density at radius 3 is 2.53 bits per heavy atom. The van der Waals surface area contributed by atoms with Crippen LogP contribution in [0.4, 0.5) is 0 Å². The molecule has 1 unspecified atom stereocenters. The number of halogens is 2. The third kappa shape index (κ3) is 3.02. The maximum atomic E-state index is 12.5. The van der Waals surface area contributed by atoms with Crippen LogP contribution in [0.15, 0.2) is 23.1 Å². The summed E-state index contributed by atoms with van der Waals surface area (Å²) in [5.74, 6) is 0. The van der Waals surface area contributed by atoms with E-state index < -0.39 is 16.1 Å². The second kappa shape index (κ2) is 5.65. The molecular weight excluding hydrogens is 309 g/mol. The summed E-state index contributed by atoms with van der Waals surface area (Å²) in [6.45, 7) is 1.06. The van der Waals surface area contributed by atoms with Crippen molar-refractivity contribution in [2.75, 3.05) is 19.6 Å². The average Bonchev–Trinajstić information content (AvgIpc) is 2.37. The molecule has 0 bridgehead atoms. The van der Waals surface area contributed by atoms with Crippen LogP contribution in [0.1, 0.15) is 0 Å². The monoisotopic (exact) mass is 319 g/mol. The first kappa shape index (κ1) is 14.6. The van der Waals surface area contributed by atoms with Gasteiger partial charge in [-0.3, -0.25) is 0 Å². The topological polar surface area (TPSA) is 73.2 Å². The fraction of sp³-hybridized carbons (Fsp3) is 0.364. The Bertz CT molecular complexity index is 607. The quantitative estimate of drug-likeness (QED) is 0.896. The molecule has 0 saturated carbocycles. The van der Waals surface area contributed by atoms with Gasteiger partial charge in [-0.05, 0) is 18.2 Å². The highest BCUT2D eigenvalue weighted by Crippen LogP contribution is 2.26. The van der Waals surface area contributed by atoms with Gasteiger partial charge in [0.05, 0.1) is 11.0 Å². The van der Waals surface area contributed by atoms with E-state index >= 15 is 0 Å². The maximum absolute atomic E-state index is 12.5. The number of sulfonamides is 1. The van der Waals surface area contributed by atoms with E-state index in [-0.39, 0.29) is 21.5 Å². The van der Waals surface area contributed by atoms with E-state index in [0.717, 1.165) is 0 Å². The van der Waals surface area contributed by atoms with Crippen molar-refractivity contribution < 1.29 is 8.42 Å². The van der Waals surface area contributed by atoms with Gasteiger partial charge in [0.15, 0.2) is 0 Å². The van der Waals surface area contributed by atoms with Gasteiger partial charge in [-0.2, -0.15) is 9.57 Å².